The van der Waals surface area contributed by atoms with Gasteiger partial charge in [-0.3, -0.25) is 4.52 Å². The minimum Gasteiger partial charge on any atom is -0.303 e. The van der Waals surface area contributed by atoms with Crippen LogP contribution in [0.1, 0.15) is 111 Å². The third-order valence-corrected chi connectivity index (χ3v) is 7.10. The summed E-state index contributed by atoms with van der Waals surface area (Å²) in [6, 6.07) is 0. The summed E-state index contributed by atoms with van der Waals surface area (Å²) in [6.07, 6.45) is 19.3. The normalized spacial score (nSPS) is 13.4. The second kappa shape index (κ2) is 19.4. The van der Waals surface area contributed by atoms with E-state index in [1.165, 1.54) is 89.9 Å². The Balaban J connectivity index is 3.37. The molecule has 0 saturated heterocycles. The van der Waals surface area contributed by atoms with Crippen molar-refractivity contribution in [3.63, 3.8) is 0 Å². The number of rotatable bonds is 21. The molecular formula is C22H47O4PS. The van der Waals surface area contributed by atoms with Crippen LogP contribution in [0.2, 0.25) is 0 Å². The van der Waals surface area contributed by atoms with Crippen LogP contribution in [0.15, 0.2) is 0 Å². The fourth-order valence-corrected chi connectivity index (χ4v) is 5.00. The number of hydrogen-bond acceptors (Lipinski definition) is 3. The maximum absolute atomic E-state index is 10.8. The molecule has 0 aromatic heterocycles. The number of phosphoric ester groups is 1. The van der Waals surface area contributed by atoms with Gasteiger partial charge in [-0.25, -0.2) is 4.57 Å². The molecule has 0 bridgehead atoms. The van der Waals surface area contributed by atoms with Crippen LogP contribution in [-0.4, -0.2) is 27.9 Å². The lowest BCUT2D eigenvalue weighted by Gasteiger charge is -2.20. The van der Waals surface area contributed by atoms with Gasteiger partial charge in [0.25, 0.3) is 0 Å². The fourth-order valence-electron chi connectivity index (χ4n) is 3.26. The lowest BCUT2D eigenvalue weighted by molar-refractivity contribution is 0.158. The van der Waals surface area contributed by atoms with E-state index < -0.39 is 7.82 Å². The van der Waals surface area contributed by atoms with Crippen molar-refractivity contribution < 1.29 is 18.9 Å². The first-order valence-electron chi connectivity index (χ1n) is 11.6. The predicted octanol–water partition coefficient (Wildman–Crippen LogP) is 7.58. The van der Waals surface area contributed by atoms with E-state index in [9.17, 15) is 4.57 Å². The highest BCUT2D eigenvalue weighted by Gasteiger charge is 2.20. The smallest absolute Gasteiger partial charge is 0.303 e. The largest absolute Gasteiger partial charge is 0.469 e. The van der Waals surface area contributed by atoms with Gasteiger partial charge in [-0.1, -0.05) is 104 Å². The highest BCUT2D eigenvalue weighted by molar-refractivity contribution is 7.99. The Kier molecular flexibility index (Phi) is 19.7. The quantitative estimate of drug-likeness (QED) is 0.143. The van der Waals surface area contributed by atoms with Gasteiger partial charge in [0, 0.05) is 0 Å². The van der Waals surface area contributed by atoms with Gasteiger partial charge in [-0.15, -0.1) is 0 Å². The van der Waals surface area contributed by atoms with Crippen molar-refractivity contribution in [2.75, 3.05) is 18.1 Å². The van der Waals surface area contributed by atoms with Gasteiger partial charge in [0.2, 0.25) is 0 Å². The summed E-state index contributed by atoms with van der Waals surface area (Å²) in [5, 5.41) is 0. The second-order valence-electron chi connectivity index (χ2n) is 8.46. The minimum atomic E-state index is -4.34. The van der Waals surface area contributed by atoms with E-state index in [2.05, 4.69) is 25.3 Å². The topological polar surface area (TPSA) is 66.8 Å². The Bertz CT molecular complexity index is 374. The summed E-state index contributed by atoms with van der Waals surface area (Å²) >= 11 is 1.89. The molecule has 4 nitrogen and oxygen atoms in total. The highest BCUT2D eigenvalue weighted by atomic mass is 32.2. The number of unbranched alkanes of at least 4 members (excludes halogenated alkanes) is 13. The molecule has 0 fully saturated rings. The van der Waals surface area contributed by atoms with E-state index in [0.29, 0.717) is 5.92 Å². The van der Waals surface area contributed by atoms with Gasteiger partial charge in [0.15, 0.2) is 0 Å². The molecule has 1 atom stereocenters. The lowest BCUT2D eigenvalue weighted by Crippen LogP contribution is -2.18. The molecule has 28 heavy (non-hydrogen) atoms. The molecule has 170 valence electrons. The Morgan fingerprint density at radius 3 is 1.61 bits per heavy atom. The standard InChI is InChI=1S/C22H47O4PS/c1-4-5-6-7-8-9-10-11-12-13-14-15-16-17-18-28-20-22(21(2)3)19-26-27(23,24)25/h21-22H,4-20H2,1-3H3,(H2,23,24,25). The van der Waals surface area contributed by atoms with E-state index in [1.54, 1.807) is 0 Å². The zero-order chi connectivity index (χ0) is 21.1. The fraction of sp³-hybridized carbons (Fsp3) is 1.00. The zero-order valence-corrected chi connectivity index (χ0v) is 20.5. The van der Waals surface area contributed by atoms with Crippen molar-refractivity contribution in [2.24, 2.45) is 11.8 Å². The predicted molar refractivity (Wildman–Crippen MR) is 124 cm³/mol. The molecule has 0 aromatic carbocycles. The zero-order valence-electron chi connectivity index (χ0n) is 18.7. The monoisotopic (exact) mass is 438 g/mol. The molecule has 6 heteroatoms. The maximum atomic E-state index is 10.8. The van der Waals surface area contributed by atoms with E-state index >= 15 is 0 Å². The van der Waals surface area contributed by atoms with E-state index in [4.69, 9.17) is 9.79 Å². The number of hydrogen-bond donors (Lipinski definition) is 2. The Labute approximate surface area is 179 Å². The van der Waals surface area contributed by atoms with E-state index in [1.807, 2.05) is 11.8 Å². The summed E-state index contributed by atoms with van der Waals surface area (Å²) in [5.41, 5.74) is 0. The van der Waals surface area contributed by atoms with Crippen LogP contribution >= 0.6 is 19.6 Å². The second-order valence-corrected chi connectivity index (χ2v) is 10.9. The molecule has 0 aliphatic heterocycles. The van der Waals surface area contributed by atoms with Gasteiger partial charge < -0.3 is 9.79 Å². The molecule has 0 aromatic rings. The maximum Gasteiger partial charge on any atom is 0.469 e. The Morgan fingerprint density at radius 1 is 0.786 bits per heavy atom. The summed E-state index contributed by atoms with van der Waals surface area (Å²) in [6.45, 7) is 6.59. The van der Waals surface area contributed by atoms with E-state index in [-0.39, 0.29) is 12.5 Å². The lowest BCUT2D eigenvalue weighted by atomic mass is 9.99. The van der Waals surface area contributed by atoms with Crippen molar-refractivity contribution in [3.05, 3.63) is 0 Å². The first kappa shape index (κ1) is 28.5. The molecule has 0 rings (SSSR count). The third-order valence-electron chi connectivity index (χ3n) is 5.37. The van der Waals surface area contributed by atoms with E-state index in [0.717, 1.165) is 11.5 Å². The summed E-state index contributed by atoms with van der Waals surface area (Å²) in [5.74, 6) is 2.62. The Hall–Kier alpha value is 0.460. The molecule has 0 spiro atoms. The van der Waals surface area contributed by atoms with Crippen LogP contribution in [0.3, 0.4) is 0 Å². The molecule has 1 unspecified atom stereocenters. The molecule has 0 saturated carbocycles. The first-order chi connectivity index (χ1) is 13.4. The van der Waals surface area contributed by atoms with Gasteiger partial charge >= 0.3 is 7.82 Å². The van der Waals surface area contributed by atoms with Gasteiger partial charge in [-0.2, -0.15) is 11.8 Å². The minimum absolute atomic E-state index is 0.147. The summed E-state index contributed by atoms with van der Waals surface area (Å²) in [4.78, 5) is 17.7. The molecule has 0 aliphatic carbocycles. The average Bonchev–Trinajstić information content (AvgIpc) is 2.62. The van der Waals surface area contributed by atoms with Crippen molar-refractivity contribution >= 4 is 19.6 Å². The van der Waals surface area contributed by atoms with Crippen molar-refractivity contribution in [3.8, 4) is 0 Å². The first-order valence-corrected chi connectivity index (χ1v) is 14.3. The molecule has 2 N–H and O–H groups in total. The molecular weight excluding hydrogens is 391 g/mol. The van der Waals surface area contributed by atoms with Crippen molar-refractivity contribution in [2.45, 2.75) is 111 Å². The highest BCUT2D eigenvalue weighted by Crippen LogP contribution is 2.37. The van der Waals surface area contributed by atoms with Crippen molar-refractivity contribution in [1.82, 2.24) is 0 Å². The van der Waals surface area contributed by atoms with Crippen LogP contribution < -0.4 is 0 Å². The molecule has 0 heterocycles. The summed E-state index contributed by atoms with van der Waals surface area (Å²) < 4.78 is 15.5. The number of thioether (sulfide) groups is 1. The Morgan fingerprint density at radius 2 is 1.21 bits per heavy atom. The molecule has 0 radical (unpaired) electrons. The molecule has 0 amide bonds. The van der Waals surface area contributed by atoms with Gasteiger partial charge in [0.05, 0.1) is 6.61 Å². The SMILES string of the molecule is CCCCCCCCCCCCCCCCSCC(COP(=O)(O)O)C(C)C. The third kappa shape index (κ3) is 21.2. The van der Waals surface area contributed by atoms with Gasteiger partial charge in [-0.05, 0) is 29.8 Å². The van der Waals surface area contributed by atoms with Gasteiger partial charge in [0.1, 0.15) is 0 Å². The van der Waals surface area contributed by atoms with Crippen molar-refractivity contribution in [1.29, 1.82) is 0 Å². The van der Waals surface area contributed by atoms with Crippen LogP contribution in [-0.2, 0) is 9.09 Å². The van der Waals surface area contributed by atoms with Crippen LogP contribution in [0.4, 0.5) is 0 Å². The number of phosphoric acid groups is 1. The van der Waals surface area contributed by atoms with Crippen LogP contribution in [0, 0.1) is 11.8 Å². The van der Waals surface area contributed by atoms with Crippen LogP contribution in [0.25, 0.3) is 0 Å². The molecule has 0 aliphatic rings. The van der Waals surface area contributed by atoms with Crippen LogP contribution in [0.5, 0.6) is 0 Å². The summed E-state index contributed by atoms with van der Waals surface area (Å²) in [7, 11) is -4.34. The average molecular weight is 439 g/mol.